The van der Waals surface area contributed by atoms with E-state index in [9.17, 15) is 4.79 Å². The molecular formula is C15H20N2O2S. The predicted octanol–water partition coefficient (Wildman–Crippen LogP) is 3.05. The van der Waals surface area contributed by atoms with E-state index in [1.165, 1.54) is 0 Å². The molecule has 0 spiro atoms. The minimum Gasteiger partial charge on any atom is -0.385 e. The third kappa shape index (κ3) is 7.17. The highest BCUT2D eigenvalue weighted by atomic mass is 32.2. The molecule has 1 aromatic carbocycles. The van der Waals surface area contributed by atoms with E-state index in [-0.39, 0.29) is 5.91 Å². The van der Waals surface area contributed by atoms with E-state index < -0.39 is 0 Å². The van der Waals surface area contributed by atoms with Crippen LogP contribution < -0.4 is 5.32 Å². The molecule has 0 saturated heterocycles. The quantitative estimate of drug-likeness (QED) is 0.711. The van der Waals surface area contributed by atoms with Gasteiger partial charge in [0.2, 0.25) is 5.91 Å². The van der Waals surface area contributed by atoms with E-state index >= 15 is 0 Å². The summed E-state index contributed by atoms with van der Waals surface area (Å²) in [4.78, 5) is 11.7. The topological polar surface area (TPSA) is 62.1 Å². The Morgan fingerprint density at radius 1 is 1.40 bits per heavy atom. The molecular weight excluding hydrogens is 272 g/mol. The molecule has 1 aromatic rings. The Hall–Kier alpha value is -1.51. The number of thioether (sulfide) groups is 1. The second-order valence-electron chi connectivity index (χ2n) is 4.30. The number of nitrogens with one attached hydrogen (secondary N) is 1. The molecule has 0 bridgehead atoms. The van der Waals surface area contributed by atoms with Gasteiger partial charge in [-0.25, -0.2) is 0 Å². The van der Waals surface area contributed by atoms with Crippen LogP contribution in [0.3, 0.4) is 0 Å². The fraction of sp³-hybridized carbons (Fsp3) is 0.467. The van der Waals surface area contributed by atoms with Crippen LogP contribution in [-0.4, -0.2) is 31.1 Å². The van der Waals surface area contributed by atoms with Crippen molar-refractivity contribution in [3.8, 4) is 6.07 Å². The lowest BCUT2D eigenvalue weighted by Gasteiger charge is -2.05. The largest absolute Gasteiger partial charge is 0.385 e. The molecule has 0 aliphatic rings. The zero-order chi connectivity index (χ0) is 14.6. The molecule has 0 radical (unpaired) electrons. The van der Waals surface area contributed by atoms with Gasteiger partial charge in [-0.3, -0.25) is 4.79 Å². The van der Waals surface area contributed by atoms with E-state index in [0.717, 1.165) is 31.0 Å². The summed E-state index contributed by atoms with van der Waals surface area (Å²) in [6, 6.07) is 9.00. The van der Waals surface area contributed by atoms with Crippen LogP contribution in [0.4, 0.5) is 5.69 Å². The molecule has 0 aliphatic heterocycles. The van der Waals surface area contributed by atoms with Crippen LogP contribution in [-0.2, 0) is 9.53 Å². The lowest BCUT2D eigenvalue weighted by molar-refractivity contribution is -0.116. The third-order valence-corrected chi connectivity index (χ3v) is 3.76. The summed E-state index contributed by atoms with van der Waals surface area (Å²) < 4.78 is 4.97. The normalized spacial score (nSPS) is 10.0. The van der Waals surface area contributed by atoms with Gasteiger partial charge in [0.05, 0.1) is 11.6 Å². The Bertz CT molecular complexity index is 457. The molecule has 1 N–H and O–H groups in total. The minimum atomic E-state index is -0.00224. The van der Waals surface area contributed by atoms with Crippen molar-refractivity contribution < 1.29 is 9.53 Å². The lowest BCUT2D eigenvalue weighted by atomic mass is 10.2. The van der Waals surface area contributed by atoms with E-state index in [2.05, 4.69) is 11.4 Å². The number of carbonyl (C=O) groups excluding carboxylic acids is 1. The molecule has 0 aromatic heterocycles. The van der Waals surface area contributed by atoms with Crippen molar-refractivity contribution in [2.45, 2.75) is 19.3 Å². The number of amides is 1. The number of nitriles is 1. The molecule has 20 heavy (non-hydrogen) atoms. The van der Waals surface area contributed by atoms with E-state index in [0.29, 0.717) is 17.7 Å². The summed E-state index contributed by atoms with van der Waals surface area (Å²) >= 11 is 1.84. The Balaban J connectivity index is 2.15. The number of hydrogen-bond donors (Lipinski definition) is 1. The van der Waals surface area contributed by atoms with Gasteiger partial charge in [-0.15, -0.1) is 0 Å². The summed E-state index contributed by atoms with van der Waals surface area (Å²) in [6.45, 7) is 0.794. The SMILES string of the molecule is COCCCSCCCC(=O)Nc1cccc(C#N)c1. The third-order valence-electron chi connectivity index (χ3n) is 2.61. The monoisotopic (exact) mass is 292 g/mol. The molecule has 5 heteroatoms. The maximum absolute atomic E-state index is 11.7. The van der Waals surface area contributed by atoms with Crippen LogP contribution in [0.25, 0.3) is 0 Å². The molecule has 0 aliphatic carbocycles. The first-order valence-corrected chi connectivity index (χ1v) is 7.78. The summed E-state index contributed by atoms with van der Waals surface area (Å²) in [5, 5.41) is 11.6. The smallest absolute Gasteiger partial charge is 0.224 e. The van der Waals surface area contributed by atoms with Crippen LogP contribution in [0.1, 0.15) is 24.8 Å². The Kier molecular flexibility index (Phi) is 8.52. The summed E-state index contributed by atoms with van der Waals surface area (Å²) in [5.41, 5.74) is 1.23. The van der Waals surface area contributed by atoms with Gasteiger partial charge in [-0.05, 0) is 42.5 Å². The summed E-state index contributed by atoms with van der Waals surface area (Å²) in [7, 11) is 1.70. The Labute approximate surface area is 124 Å². The first-order chi connectivity index (χ1) is 9.76. The maximum Gasteiger partial charge on any atom is 0.224 e. The zero-order valence-corrected chi connectivity index (χ0v) is 12.5. The average Bonchev–Trinajstić information content (AvgIpc) is 2.46. The molecule has 4 nitrogen and oxygen atoms in total. The molecule has 0 atom stereocenters. The maximum atomic E-state index is 11.7. The molecule has 0 unspecified atom stereocenters. The number of rotatable bonds is 9. The second-order valence-corrected chi connectivity index (χ2v) is 5.53. The minimum absolute atomic E-state index is 0.00224. The molecule has 0 heterocycles. The van der Waals surface area contributed by atoms with Crippen LogP contribution in [0.15, 0.2) is 24.3 Å². The van der Waals surface area contributed by atoms with Crippen LogP contribution in [0, 0.1) is 11.3 Å². The summed E-state index contributed by atoms with van der Waals surface area (Å²) in [5.74, 6) is 2.05. The van der Waals surface area contributed by atoms with Gasteiger partial charge >= 0.3 is 0 Å². The van der Waals surface area contributed by atoms with E-state index in [1.807, 2.05) is 11.8 Å². The van der Waals surface area contributed by atoms with Crippen molar-refractivity contribution in [2.75, 3.05) is 30.5 Å². The fourth-order valence-corrected chi connectivity index (χ4v) is 2.51. The van der Waals surface area contributed by atoms with Crippen molar-refractivity contribution >= 4 is 23.4 Å². The standard InChI is InChI=1S/C15H20N2O2S/c1-19-8-4-10-20-9-3-7-15(18)17-14-6-2-5-13(11-14)12-16/h2,5-6,11H,3-4,7-10H2,1H3,(H,17,18). The fourth-order valence-electron chi connectivity index (χ4n) is 1.63. The molecule has 0 fully saturated rings. The van der Waals surface area contributed by atoms with Gasteiger partial charge in [0.1, 0.15) is 0 Å². The number of carbonyl (C=O) groups is 1. The second kappa shape index (κ2) is 10.3. The number of nitrogens with zero attached hydrogens (tertiary/aromatic N) is 1. The van der Waals surface area contributed by atoms with E-state index in [4.69, 9.17) is 10.00 Å². The van der Waals surface area contributed by atoms with Gasteiger partial charge < -0.3 is 10.1 Å². The van der Waals surface area contributed by atoms with Crippen molar-refractivity contribution in [1.29, 1.82) is 5.26 Å². The van der Waals surface area contributed by atoms with Gasteiger partial charge in [0, 0.05) is 25.8 Å². The Morgan fingerprint density at radius 2 is 2.20 bits per heavy atom. The highest BCUT2D eigenvalue weighted by Gasteiger charge is 2.03. The molecule has 0 saturated carbocycles. The van der Waals surface area contributed by atoms with Crippen molar-refractivity contribution in [3.63, 3.8) is 0 Å². The van der Waals surface area contributed by atoms with Gasteiger partial charge in [-0.1, -0.05) is 6.07 Å². The first-order valence-electron chi connectivity index (χ1n) is 6.63. The number of benzene rings is 1. The number of anilines is 1. The van der Waals surface area contributed by atoms with E-state index in [1.54, 1.807) is 31.4 Å². The van der Waals surface area contributed by atoms with Gasteiger partial charge in [0.15, 0.2) is 0 Å². The van der Waals surface area contributed by atoms with Crippen LogP contribution in [0.2, 0.25) is 0 Å². The number of hydrogen-bond acceptors (Lipinski definition) is 4. The zero-order valence-electron chi connectivity index (χ0n) is 11.7. The highest BCUT2D eigenvalue weighted by molar-refractivity contribution is 7.99. The van der Waals surface area contributed by atoms with Gasteiger partial charge in [0.25, 0.3) is 0 Å². The highest BCUT2D eigenvalue weighted by Crippen LogP contribution is 2.11. The van der Waals surface area contributed by atoms with Crippen molar-refractivity contribution in [2.24, 2.45) is 0 Å². The van der Waals surface area contributed by atoms with Gasteiger partial charge in [-0.2, -0.15) is 17.0 Å². The predicted molar refractivity (Wildman–Crippen MR) is 82.8 cm³/mol. The molecule has 1 amide bonds. The van der Waals surface area contributed by atoms with Crippen molar-refractivity contribution in [3.05, 3.63) is 29.8 Å². The molecule has 108 valence electrons. The van der Waals surface area contributed by atoms with Crippen LogP contribution >= 0.6 is 11.8 Å². The molecule has 1 rings (SSSR count). The van der Waals surface area contributed by atoms with Crippen LogP contribution in [0.5, 0.6) is 0 Å². The lowest BCUT2D eigenvalue weighted by Crippen LogP contribution is -2.11. The Morgan fingerprint density at radius 3 is 2.95 bits per heavy atom. The average molecular weight is 292 g/mol. The first kappa shape index (κ1) is 16.5. The number of methoxy groups -OCH3 is 1. The summed E-state index contributed by atoms with van der Waals surface area (Å²) in [6.07, 6.45) is 2.42. The number of ether oxygens (including phenoxy) is 1. The van der Waals surface area contributed by atoms with Crippen molar-refractivity contribution in [1.82, 2.24) is 0 Å².